The minimum absolute atomic E-state index is 0. The van der Waals surface area contributed by atoms with E-state index in [4.69, 9.17) is 0 Å². The summed E-state index contributed by atoms with van der Waals surface area (Å²) in [4.78, 5) is 0. The Morgan fingerprint density at radius 1 is 1.00 bits per heavy atom. The summed E-state index contributed by atoms with van der Waals surface area (Å²) >= 11 is 0. The third-order valence-corrected chi connectivity index (χ3v) is 0. The molecule has 0 aromatic rings. The summed E-state index contributed by atoms with van der Waals surface area (Å²) < 4.78 is 0. The van der Waals surface area contributed by atoms with Crippen molar-refractivity contribution in [3.05, 3.63) is 0 Å². The van der Waals surface area contributed by atoms with E-state index in [1.54, 1.807) is 0 Å². The van der Waals surface area contributed by atoms with E-state index in [9.17, 15) is 0 Å². The molecule has 0 aliphatic carbocycles. The molecule has 0 aromatic heterocycles. The summed E-state index contributed by atoms with van der Waals surface area (Å²) in [5.41, 5.74) is 0. The molecule has 0 saturated carbocycles. The Kier molecular flexibility index (Phi) is 115. The third-order valence-electron chi connectivity index (χ3n) is 0. The number of hydrogen-bond acceptors (Lipinski definition) is 0. The molecular formula is H8AgAsPbSb. The Hall–Kier alpha value is 3.04. The molecule has 0 aliphatic heterocycles. The SMILES string of the molecule is [Ag].[AsH3].[PbH2].[SbH3]. The molecule has 0 rings (SSSR count). The second-order valence-corrected chi connectivity index (χ2v) is 0. The summed E-state index contributed by atoms with van der Waals surface area (Å²) in [6.45, 7) is 0. The summed E-state index contributed by atoms with van der Waals surface area (Å²) in [6.07, 6.45) is 0. The van der Waals surface area contributed by atoms with Gasteiger partial charge in [0.1, 0.15) is 0 Å². The molecule has 4 heteroatoms. The zero-order valence-corrected chi connectivity index (χ0v) is 16.4. The van der Waals surface area contributed by atoms with Crippen LogP contribution in [0.5, 0.6) is 0 Å². The fourth-order valence-electron chi connectivity index (χ4n) is 0. The molecule has 3 radical (unpaired) electrons. The van der Waals surface area contributed by atoms with Gasteiger partial charge in [-0.15, -0.1) is 0 Å². The van der Waals surface area contributed by atoms with Crippen molar-refractivity contribution in [2.75, 3.05) is 0 Å². The zero-order chi connectivity index (χ0) is 0. The summed E-state index contributed by atoms with van der Waals surface area (Å²) in [5, 5.41) is 0. The van der Waals surface area contributed by atoms with Gasteiger partial charge in [-0.2, -0.15) is 0 Å². The molecule has 4 heavy (non-hydrogen) atoms. The van der Waals surface area contributed by atoms with Crippen LogP contribution in [0.4, 0.5) is 0 Å². The second-order valence-electron chi connectivity index (χ2n) is 0. The first-order valence-electron chi connectivity index (χ1n) is 0. The Balaban J connectivity index is 0. The van der Waals surface area contributed by atoms with E-state index in [-0.39, 0.29) is 92.1 Å². The van der Waals surface area contributed by atoms with Crippen molar-refractivity contribution in [2.24, 2.45) is 0 Å². The van der Waals surface area contributed by atoms with Crippen molar-refractivity contribution in [3.63, 3.8) is 0 Å². The summed E-state index contributed by atoms with van der Waals surface area (Å²) in [5.74, 6) is 0. The zero-order valence-electron chi connectivity index (χ0n) is 2.42. The molecule has 1 atom stereocenters. The molecule has 33 valence electrons. The Morgan fingerprint density at radius 2 is 1.00 bits per heavy atom. The average Bonchev–Trinajstić information content (AvgIpc) is 0. The quantitative estimate of drug-likeness (QED) is 0.295. The molecule has 0 saturated heterocycles. The van der Waals surface area contributed by atoms with Gasteiger partial charge in [0.25, 0.3) is 0 Å². The van der Waals surface area contributed by atoms with Crippen LogP contribution in [0.15, 0.2) is 0 Å². The average molecular weight is 520 g/mol. The van der Waals surface area contributed by atoms with E-state index in [1.807, 2.05) is 0 Å². The van der Waals surface area contributed by atoms with Crippen molar-refractivity contribution >= 4 is 69.7 Å². The van der Waals surface area contributed by atoms with Gasteiger partial charge in [0.15, 0.2) is 0 Å². The van der Waals surface area contributed by atoms with Crippen LogP contribution in [-0.2, 0) is 22.4 Å². The molecule has 0 bridgehead atoms. The van der Waals surface area contributed by atoms with Crippen LogP contribution in [0.2, 0.25) is 0 Å². The summed E-state index contributed by atoms with van der Waals surface area (Å²) in [7, 11) is 0. The van der Waals surface area contributed by atoms with E-state index in [0.29, 0.717) is 0 Å². The molecule has 0 amide bonds. The fraction of sp³-hybridized carbons (Fsp3) is 0. The van der Waals surface area contributed by atoms with E-state index >= 15 is 0 Å². The van der Waals surface area contributed by atoms with Crippen molar-refractivity contribution in [1.82, 2.24) is 0 Å². The third kappa shape index (κ3) is 8.90. The second kappa shape index (κ2) is 16.6. The maximum atomic E-state index is 0. The van der Waals surface area contributed by atoms with E-state index < -0.39 is 0 Å². The molecule has 0 fully saturated rings. The topological polar surface area (TPSA) is 0 Å². The fourth-order valence-corrected chi connectivity index (χ4v) is 0. The van der Waals surface area contributed by atoms with Crippen molar-refractivity contribution in [1.29, 1.82) is 0 Å². The molecule has 0 spiro atoms. The normalized spacial score (nSPS) is 0. The Labute approximate surface area is 90.3 Å². The molecular weight excluding hydrogens is 512 g/mol. The van der Waals surface area contributed by atoms with Gasteiger partial charge in [-0.05, 0) is 0 Å². The van der Waals surface area contributed by atoms with Gasteiger partial charge >= 0.3 is 69.7 Å². The van der Waals surface area contributed by atoms with Crippen molar-refractivity contribution in [2.45, 2.75) is 0 Å². The van der Waals surface area contributed by atoms with Crippen LogP contribution in [0, 0.1) is 0 Å². The van der Waals surface area contributed by atoms with Crippen LogP contribution >= 0.6 is 0 Å². The van der Waals surface area contributed by atoms with Gasteiger partial charge in [0, 0.05) is 22.4 Å². The van der Waals surface area contributed by atoms with Gasteiger partial charge in [0.05, 0.1) is 0 Å². The first-order valence-corrected chi connectivity index (χ1v) is 0. The summed E-state index contributed by atoms with van der Waals surface area (Å²) in [6, 6.07) is 0. The molecule has 0 N–H and O–H groups in total. The molecule has 0 nitrogen and oxygen atoms in total. The Morgan fingerprint density at radius 3 is 1.00 bits per heavy atom. The predicted octanol–water partition coefficient (Wildman–Crippen LogP) is -3.29. The van der Waals surface area contributed by atoms with E-state index in [1.165, 1.54) is 0 Å². The Bertz CT molecular complexity index is 8.00. The van der Waals surface area contributed by atoms with Crippen LogP contribution in [0.3, 0.4) is 0 Å². The van der Waals surface area contributed by atoms with E-state index in [0.717, 1.165) is 0 Å². The van der Waals surface area contributed by atoms with Gasteiger partial charge in [0.2, 0.25) is 0 Å². The molecule has 1 unspecified atom stereocenters. The van der Waals surface area contributed by atoms with Crippen LogP contribution < -0.4 is 0 Å². The van der Waals surface area contributed by atoms with Gasteiger partial charge < -0.3 is 0 Å². The van der Waals surface area contributed by atoms with Crippen LogP contribution in [0.25, 0.3) is 0 Å². The molecule has 0 heterocycles. The van der Waals surface area contributed by atoms with Crippen molar-refractivity contribution < 1.29 is 22.4 Å². The van der Waals surface area contributed by atoms with Crippen LogP contribution in [-0.4, -0.2) is 69.7 Å². The van der Waals surface area contributed by atoms with Gasteiger partial charge in [-0.1, -0.05) is 0 Å². The molecule has 0 aromatic carbocycles. The first kappa shape index (κ1) is 27.8. The monoisotopic (exact) mass is 519 g/mol. The standard InChI is InChI=1S/Ag.AsH3.Pb.Sb.5H/h;1H3;;;;;;;. The maximum absolute atomic E-state index is 0. The van der Waals surface area contributed by atoms with Gasteiger partial charge in [-0.25, -0.2) is 0 Å². The van der Waals surface area contributed by atoms with Crippen LogP contribution in [0.1, 0.15) is 0 Å². The number of rotatable bonds is 0. The predicted molar refractivity (Wildman–Crippen MR) is 28.4 cm³/mol. The van der Waals surface area contributed by atoms with E-state index in [2.05, 4.69) is 0 Å². The number of hydrogen-bond donors (Lipinski definition) is 0. The first-order chi connectivity index (χ1) is 0. The minimum atomic E-state index is 0. The van der Waals surface area contributed by atoms with Crippen molar-refractivity contribution in [3.8, 4) is 0 Å². The molecule has 0 aliphatic rings. The van der Waals surface area contributed by atoms with Gasteiger partial charge in [-0.3, -0.25) is 0 Å².